The maximum atomic E-state index is 12.0. The summed E-state index contributed by atoms with van der Waals surface area (Å²) < 4.78 is 10.2. The van der Waals surface area contributed by atoms with Gasteiger partial charge in [-0.05, 0) is 25.3 Å². The Labute approximate surface area is 146 Å². The second-order valence-corrected chi connectivity index (χ2v) is 5.25. The zero-order valence-corrected chi connectivity index (χ0v) is 14.1. The number of esters is 1. The van der Waals surface area contributed by atoms with E-state index < -0.39 is 18.1 Å². The Balaban J connectivity index is 1.88. The van der Waals surface area contributed by atoms with Crippen molar-refractivity contribution in [1.82, 2.24) is 15.3 Å². The molecule has 0 bridgehead atoms. The van der Waals surface area contributed by atoms with Crippen LogP contribution in [0.15, 0.2) is 48.9 Å². The molecule has 0 radical (unpaired) electrons. The van der Waals surface area contributed by atoms with Crippen molar-refractivity contribution in [2.45, 2.75) is 32.4 Å². The van der Waals surface area contributed by atoms with Gasteiger partial charge in [0.25, 0.3) is 0 Å². The van der Waals surface area contributed by atoms with Gasteiger partial charge in [-0.1, -0.05) is 30.3 Å². The van der Waals surface area contributed by atoms with Gasteiger partial charge in [0.2, 0.25) is 0 Å². The minimum Gasteiger partial charge on any atom is -0.464 e. The van der Waals surface area contributed by atoms with Crippen molar-refractivity contribution in [1.29, 1.82) is 0 Å². The summed E-state index contributed by atoms with van der Waals surface area (Å²) in [5.41, 5.74) is 1.60. The molecule has 1 aromatic heterocycles. The van der Waals surface area contributed by atoms with Crippen LogP contribution in [-0.4, -0.2) is 34.7 Å². The highest BCUT2D eigenvalue weighted by Gasteiger charge is 2.22. The first-order chi connectivity index (χ1) is 12.2. The van der Waals surface area contributed by atoms with Gasteiger partial charge in [-0.2, -0.15) is 0 Å². The summed E-state index contributed by atoms with van der Waals surface area (Å²) in [5.74, 6) is -0.497. The minimum atomic E-state index is -0.801. The number of aromatic nitrogens is 2. The molecule has 1 aromatic carbocycles. The number of carbonyl (C=O) groups excluding carboxylic acids is 2. The number of alkyl carbamates (subject to hydrolysis) is 1. The van der Waals surface area contributed by atoms with Crippen molar-refractivity contribution < 1.29 is 19.1 Å². The Kier molecular flexibility index (Phi) is 7.37. The molecular formula is C18H21N3O4. The fourth-order valence-electron chi connectivity index (χ4n) is 2.15. The van der Waals surface area contributed by atoms with Crippen LogP contribution in [0.25, 0.3) is 0 Å². The first-order valence-electron chi connectivity index (χ1n) is 8.07. The molecule has 0 aliphatic carbocycles. The fraction of sp³-hybridized carbons (Fsp3) is 0.333. The van der Waals surface area contributed by atoms with Crippen molar-refractivity contribution in [3.8, 4) is 0 Å². The van der Waals surface area contributed by atoms with Crippen LogP contribution in [0.4, 0.5) is 4.79 Å². The minimum absolute atomic E-state index is 0.131. The molecule has 0 fully saturated rings. The number of hydrogen-bond donors (Lipinski definition) is 1. The maximum absolute atomic E-state index is 12.0. The Morgan fingerprint density at radius 1 is 1.16 bits per heavy atom. The first-order valence-corrected chi connectivity index (χ1v) is 8.07. The van der Waals surface area contributed by atoms with Crippen molar-refractivity contribution >= 4 is 12.1 Å². The Bertz CT molecular complexity index is 665. The third-order valence-corrected chi connectivity index (χ3v) is 3.38. The zero-order chi connectivity index (χ0) is 17.9. The summed E-state index contributed by atoms with van der Waals surface area (Å²) in [6, 6.07) is 8.50. The van der Waals surface area contributed by atoms with E-state index in [4.69, 9.17) is 9.47 Å². The molecule has 2 aromatic rings. The van der Waals surface area contributed by atoms with Gasteiger partial charge < -0.3 is 14.8 Å². The quantitative estimate of drug-likeness (QED) is 0.740. The molecule has 0 aliphatic heterocycles. The summed E-state index contributed by atoms with van der Waals surface area (Å²) in [6.45, 7) is 2.08. The van der Waals surface area contributed by atoms with E-state index in [1.165, 1.54) is 0 Å². The van der Waals surface area contributed by atoms with Crippen LogP contribution >= 0.6 is 0 Å². The molecule has 1 atom stereocenters. The SMILES string of the molecule is CCOC(=O)C(CCc1cnccn1)NC(=O)OCc1ccccc1. The van der Waals surface area contributed by atoms with Gasteiger partial charge in [0, 0.05) is 18.6 Å². The van der Waals surface area contributed by atoms with Gasteiger partial charge in [0.05, 0.1) is 12.3 Å². The third kappa shape index (κ3) is 6.58. The van der Waals surface area contributed by atoms with Gasteiger partial charge in [-0.25, -0.2) is 9.59 Å². The lowest BCUT2D eigenvalue weighted by molar-refractivity contribution is -0.145. The molecule has 1 heterocycles. The molecule has 0 saturated heterocycles. The molecule has 7 heteroatoms. The molecule has 0 saturated carbocycles. The van der Waals surface area contributed by atoms with Gasteiger partial charge in [0.1, 0.15) is 12.6 Å². The lowest BCUT2D eigenvalue weighted by Crippen LogP contribution is -2.42. The van der Waals surface area contributed by atoms with Gasteiger partial charge >= 0.3 is 12.1 Å². The molecule has 0 aliphatic rings. The van der Waals surface area contributed by atoms with Crippen LogP contribution in [0.1, 0.15) is 24.6 Å². The average Bonchev–Trinajstić information content (AvgIpc) is 2.65. The Morgan fingerprint density at radius 2 is 1.96 bits per heavy atom. The molecule has 1 unspecified atom stereocenters. The molecule has 1 N–H and O–H groups in total. The maximum Gasteiger partial charge on any atom is 0.408 e. The first kappa shape index (κ1) is 18.4. The molecule has 2 rings (SSSR count). The molecule has 132 valence electrons. The van der Waals surface area contributed by atoms with Crippen LogP contribution < -0.4 is 5.32 Å². The van der Waals surface area contributed by atoms with E-state index in [0.29, 0.717) is 12.8 Å². The highest BCUT2D eigenvalue weighted by atomic mass is 16.6. The van der Waals surface area contributed by atoms with E-state index in [0.717, 1.165) is 11.3 Å². The molecule has 0 spiro atoms. The fourth-order valence-corrected chi connectivity index (χ4v) is 2.15. The number of carbonyl (C=O) groups is 2. The summed E-state index contributed by atoms with van der Waals surface area (Å²) in [7, 11) is 0. The van der Waals surface area contributed by atoms with Crippen molar-refractivity contribution in [3.05, 3.63) is 60.2 Å². The number of amides is 1. The number of nitrogens with zero attached hydrogens (tertiary/aromatic N) is 2. The topological polar surface area (TPSA) is 90.4 Å². The van der Waals surface area contributed by atoms with E-state index in [2.05, 4.69) is 15.3 Å². The Morgan fingerprint density at radius 3 is 2.64 bits per heavy atom. The number of nitrogens with one attached hydrogen (secondary N) is 1. The normalized spacial score (nSPS) is 11.4. The third-order valence-electron chi connectivity index (χ3n) is 3.38. The van der Waals surface area contributed by atoms with Crippen molar-refractivity contribution in [2.24, 2.45) is 0 Å². The second-order valence-electron chi connectivity index (χ2n) is 5.25. The van der Waals surface area contributed by atoms with E-state index in [1.54, 1.807) is 25.5 Å². The lowest BCUT2D eigenvalue weighted by Gasteiger charge is -2.17. The number of rotatable bonds is 8. The largest absolute Gasteiger partial charge is 0.464 e. The van der Waals surface area contributed by atoms with Gasteiger partial charge in [0.15, 0.2) is 0 Å². The zero-order valence-electron chi connectivity index (χ0n) is 14.1. The van der Waals surface area contributed by atoms with Gasteiger partial charge in [-0.3, -0.25) is 9.97 Å². The molecule has 1 amide bonds. The van der Waals surface area contributed by atoms with Crippen LogP contribution in [0, 0.1) is 0 Å². The Hall–Kier alpha value is -2.96. The highest BCUT2D eigenvalue weighted by molar-refractivity contribution is 5.81. The monoisotopic (exact) mass is 343 g/mol. The van der Waals surface area contributed by atoms with E-state index in [-0.39, 0.29) is 13.2 Å². The van der Waals surface area contributed by atoms with Crippen LogP contribution in [0.2, 0.25) is 0 Å². The van der Waals surface area contributed by atoms with Crippen LogP contribution in [0.5, 0.6) is 0 Å². The van der Waals surface area contributed by atoms with Crippen molar-refractivity contribution in [2.75, 3.05) is 6.61 Å². The number of benzene rings is 1. The predicted octanol–water partition coefficient (Wildman–Crippen LogP) is 2.27. The van der Waals surface area contributed by atoms with E-state index in [9.17, 15) is 9.59 Å². The molecular weight excluding hydrogens is 322 g/mol. The summed E-state index contributed by atoms with van der Waals surface area (Å²) in [6.07, 6.45) is 4.94. The number of hydrogen-bond acceptors (Lipinski definition) is 6. The smallest absolute Gasteiger partial charge is 0.408 e. The second kappa shape index (κ2) is 10.0. The van der Waals surface area contributed by atoms with E-state index in [1.807, 2.05) is 30.3 Å². The predicted molar refractivity (Wildman–Crippen MR) is 90.5 cm³/mol. The van der Waals surface area contributed by atoms with Crippen molar-refractivity contribution in [3.63, 3.8) is 0 Å². The average molecular weight is 343 g/mol. The number of aryl methyl sites for hydroxylation is 1. The lowest BCUT2D eigenvalue weighted by atomic mass is 10.1. The van der Waals surface area contributed by atoms with Crippen LogP contribution in [0.3, 0.4) is 0 Å². The molecule has 25 heavy (non-hydrogen) atoms. The molecule has 7 nitrogen and oxygen atoms in total. The van der Waals surface area contributed by atoms with E-state index >= 15 is 0 Å². The standard InChI is InChI=1S/C18H21N3O4/c1-2-24-17(22)16(9-8-15-12-19-10-11-20-15)21-18(23)25-13-14-6-4-3-5-7-14/h3-7,10-12,16H,2,8-9,13H2,1H3,(H,21,23). The summed E-state index contributed by atoms with van der Waals surface area (Å²) in [4.78, 5) is 32.2. The summed E-state index contributed by atoms with van der Waals surface area (Å²) >= 11 is 0. The summed E-state index contributed by atoms with van der Waals surface area (Å²) in [5, 5.41) is 2.56. The van der Waals surface area contributed by atoms with Gasteiger partial charge in [-0.15, -0.1) is 0 Å². The number of ether oxygens (including phenoxy) is 2. The highest BCUT2D eigenvalue weighted by Crippen LogP contribution is 2.05. The van der Waals surface area contributed by atoms with Crippen LogP contribution in [-0.2, 0) is 27.3 Å².